The second-order valence-corrected chi connectivity index (χ2v) is 6.40. The maximum Gasteiger partial charge on any atom is 0.153 e. The van der Waals surface area contributed by atoms with E-state index in [1.807, 2.05) is 26.0 Å². The lowest BCUT2D eigenvalue weighted by molar-refractivity contribution is 0.146. The summed E-state index contributed by atoms with van der Waals surface area (Å²) in [6.07, 6.45) is 1.71. The van der Waals surface area contributed by atoms with Crippen molar-refractivity contribution in [3.8, 4) is 11.3 Å². The van der Waals surface area contributed by atoms with E-state index in [9.17, 15) is 13.9 Å². The Labute approximate surface area is 162 Å². The summed E-state index contributed by atoms with van der Waals surface area (Å²) in [6.45, 7) is 4.90. The van der Waals surface area contributed by atoms with Gasteiger partial charge in [-0.15, -0.1) is 0 Å². The number of aliphatic hydroxyl groups is 1. The van der Waals surface area contributed by atoms with Gasteiger partial charge in [-0.25, -0.2) is 13.8 Å². The number of hydrogen-bond donors (Lipinski definition) is 3. The summed E-state index contributed by atoms with van der Waals surface area (Å²) in [5.41, 5.74) is 1.88. The number of anilines is 3. The van der Waals surface area contributed by atoms with Crippen LogP contribution in [0.15, 0.2) is 42.6 Å². The van der Waals surface area contributed by atoms with Crippen molar-refractivity contribution < 1.29 is 13.9 Å². The van der Waals surface area contributed by atoms with Crippen LogP contribution in [0.3, 0.4) is 0 Å². The molecule has 0 saturated heterocycles. The third kappa shape index (κ3) is 4.83. The molecule has 0 spiro atoms. The van der Waals surface area contributed by atoms with Gasteiger partial charge in [0, 0.05) is 36.1 Å². The Balaban J connectivity index is 1.97. The molecule has 0 radical (unpaired) electrons. The lowest BCUT2D eigenvalue weighted by Crippen LogP contribution is -2.16. The molecule has 0 aliphatic rings. The molecule has 8 heteroatoms. The molecule has 0 amide bonds. The molecule has 2 heterocycles. The fourth-order valence-electron chi connectivity index (χ4n) is 2.82. The van der Waals surface area contributed by atoms with Crippen LogP contribution in [0.25, 0.3) is 11.3 Å². The normalized spacial score (nSPS) is 12.0. The minimum Gasteiger partial charge on any atom is -0.391 e. The smallest absolute Gasteiger partial charge is 0.153 e. The Kier molecular flexibility index (Phi) is 6.20. The van der Waals surface area contributed by atoms with E-state index in [1.54, 1.807) is 16.9 Å². The minimum atomic E-state index is -0.673. The molecule has 0 bridgehead atoms. The molecule has 3 N–H and O–H groups in total. The van der Waals surface area contributed by atoms with Crippen molar-refractivity contribution in [2.45, 2.75) is 32.9 Å². The molecule has 0 fully saturated rings. The zero-order valence-corrected chi connectivity index (χ0v) is 15.8. The van der Waals surface area contributed by atoms with E-state index in [-0.39, 0.29) is 5.69 Å². The van der Waals surface area contributed by atoms with Gasteiger partial charge in [0.2, 0.25) is 0 Å². The first-order valence-corrected chi connectivity index (χ1v) is 9.17. The fraction of sp³-hybridized carbons (Fsp3) is 0.300. The Morgan fingerprint density at radius 1 is 1.07 bits per heavy atom. The number of hydrogen-bond acceptors (Lipinski definition) is 5. The quantitative estimate of drug-likeness (QED) is 0.541. The lowest BCUT2D eigenvalue weighted by Gasteiger charge is -2.12. The standard InChI is InChI=1S/C20H23F2N5O/c1-3-17(28)12-27-18(13-5-6-24-19(7-13)23-4-2)11-20(26-27)25-16-9-14(21)8-15(22)10-16/h5-11,17,28H,3-4,12H2,1-2H3,(H,23,24)(H,25,26)/t17-/m0/s1. The lowest BCUT2D eigenvalue weighted by atomic mass is 10.2. The van der Waals surface area contributed by atoms with E-state index in [2.05, 4.69) is 20.7 Å². The summed E-state index contributed by atoms with van der Waals surface area (Å²) in [6, 6.07) is 8.71. The summed E-state index contributed by atoms with van der Waals surface area (Å²) in [4.78, 5) is 4.27. The van der Waals surface area contributed by atoms with Gasteiger partial charge in [-0.1, -0.05) is 6.92 Å². The highest BCUT2D eigenvalue weighted by molar-refractivity contribution is 5.68. The van der Waals surface area contributed by atoms with Crippen molar-refractivity contribution in [1.82, 2.24) is 14.8 Å². The largest absolute Gasteiger partial charge is 0.391 e. The average molecular weight is 387 g/mol. The van der Waals surface area contributed by atoms with Crippen LogP contribution >= 0.6 is 0 Å². The van der Waals surface area contributed by atoms with Gasteiger partial charge in [-0.3, -0.25) is 4.68 Å². The molecule has 148 valence electrons. The molecule has 3 rings (SSSR count). The van der Waals surface area contributed by atoms with Crippen LogP contribution in [0.5, 0.6) is 0 Å². The van der Waals surface area contributed by atoms with E-state index in [0.29, 0.717) is 18.8 Å². The number of pyridine rings is 1. The number of aromatic nitrogens is 3. The van der Waals surface area contributed by atoms with Gasteiger partial charge in [0.05, 0.1) is 18.3 Å². The highest BCUT2D eigenvalue weighted by Crippen LogP contribution is 2.27. The van der Waals surface area contributed by atoms with E-state index in [4.69, 9.17) is 0 Å². The summed E-state index contributed by atoms with van der Waals surface area (Å²) >= 11 is 0. The number of nitrogens with zero attached hydrogens (tertiary/aromatic N) is 3. The summed E-state index contributed by atoms with van der Waals surface area (Å²) < 4.78 is 28.6. The summed E-state index contributed by atoms with van der Waals surface area (Å²) in [5, 5.41) is 20.6. The van der Waals surface area contributed by atoms with Crippen molar-refractivity contribution in [3.63, 3.8) is 0 Å². The third-order valence-electron chi connectivity index (χ3n) is 4.18. The molecule has 1 atom stereocenters. The van der Waals surface area contributed by atoms with Crippen LogP contribution in [-0.2, 0) is 6.54 Å². The molecule has 0 aliphatic carbocycles. The van der Waals surface area contributed by atoms with E-state index < -0.39 is 17.7 Å². The van der Waals surface area contributed by atoms with Gasteiger partial charge in [0.15, 0.2) is 5.82 Å². The monoisotopic (exact) mass is 387 g/mol. The van der Waals surface area contributed by atoms with Crippen LogP contribution in [0.1, 0.15) is 20.3 Å². The Bertz CT molecular complexity index is 924. The van der Waals surface area contributed by atoms with Gasteiger partial charge < -0.3 is 15.7 Å². The summed E-state index contributed by atoms with van der Waals surface area (Å²) in [7, 11) is 0. The zero-order valence-electron chi connectivity index (χ0n) is 15.8. The van der Waals surface area contributed by atoms with E-state index in [1.165, 1.54) is 12.1 Å². The van der Waals surface area contributed by atoms with Crippen LogP contribution in [0, 0.1) is 11.6 Å². The van der Waals surface area contributed by atoms with Crippen molar-refractivity contribution in [2.24, 2.45) is 0 Å². The highest BCUT2D eigenvalue weighted by Gasteiger charge is 2.14. The van der Waals surface area contributed by atoms with E-state index in [0.717, 1.165) is 29.7 Å². The van der Waals surface area contributed by atoms with Crippen molar-refractivity contribution in [1.29, 1.82) is 0 Å². The molecule has 2 aromatic heterocycles. The molecule has 6 nitrogen and oxygen atoms in total. The summed E-state index contributed by atoms with van der Waals surface area (Å²) in [5.74, 6) is -0.198. The Morgan fingerprint density at radius 2 is 1.82 bits per heavy atom. The van der Waals surface area contributed by atoms with Crippen LogP contribution < -0.4 is 10.6 Å². The van der Waals surface area contributed by atoms with Crippen LogP contribution in [-0.4, -0.2) is 32.5 Å². The van der Waals surface area contributed by atoms with Gasteiger partial charge in [0.25, 0.3) is 0 Å². The molecule has 0 aliphatic heterocycles. The predicted octanol–water partition coefficient (Wildman–Crippen LogP) is 4.17. The van der Waals surface area contributed by atoms with Gasteiger partial charge >= 0.3 is 0 Å². The van der Waals surface area contributed by atoms with Crippen LogP contribution in [0.4, 0.5) is 26.1 Å². The number of benzene rings is 1. The second-order valence-electron chi connectivity index (χ2n) is 6.40. The molecular weight excluding hydrogens is 364 g/mol. The Hall–Kier alpha value is -3.00. The number of rotatable bonds is 8. The SMILES string of the molecule is CCNc1cc(-c2cc(Nc3cc(F)cc(F)c3)nn2C[C@@H](O)CC)ccn1. The van der Waals surface area contributed by atoms with Crippen molar-refractivity contribution in [3.05, 3.63) is 54.2 Å². The predicted molar refractivity (Wildman–Crippen MR) is 106 cm³/mol. The zero-order chi connectivity index (χ0) is 20.1. The van der Waals surface area contributed by atoms with Gasteiger partial charge in [-0.2, -0.15) is 5.10 Å². The second kappa shape index (κ2) is 8.79. The first kappa shape index (κ1) is 19.8. The van der Waals surface area contributed by atoms with Gasteiger partial charge in [0.1, 0.15) is 17.5 Å². The topological polar surface area (TPSA) is 75.0 Å². The van der Waals surface area contributed by atoms with E-state index >= 15 is 0 Å². The molecule has 28 heavy (non-hydrogen) atoms. The molecule has 1 aromatic carbocycles. The number of nitrogens with one attached hydrogen (secondary N) is 2. The van der Waals surface area contributed by atoms with Crippen molar-refractivity contribution >= 4 is 17.3 Å². The number of halogens is 2. The number of aliphatic hydroxyl groups excluding tert-OH is 1. The molecule has 3 aromatic rings. The first-order valence-electron chi connectivity index (χ1n) is 9.17. The van der Waals surface area contributed by atoms with Crippen LogP contribution in [0.2, 0.25) is 0 Å². The third-order valence-corrected chi connectivity index (χ3v) is 4.18. The molecule has 0 saturated carbocycles. The molecular formula is C20H23F2N5O. The maximum atomic E-state index is 13.5. The Morgan fingerprint density at radius 3 is 2.50 bits per heavy atom. The van der Waals surface area contributed by atoms with Gasteiger partial charge in [-0.05, 0) is 37.6 Å². The first-order chi connectivity index (χ1) is 13.5. The molecule has 0 unspecified atom stereocenters. The maximum absolute atomic E-state index is 13.5. The minimum absolute atomic E-state index is 0.257. The fourth-order valence-corrected chi connectivity index (χ4v) is 2.82. The van der Waals surface area contributed by atoms with Crippen molar-refractivity contribution in [2.75, 3.05) is 17.2 Å². The average Bonchev–Trinajstić information content (AvgIpc) is 3.03. The highest BCUT2D eigenvalue weighted by atomic mass is 19.1.